The summed E-state index contributed by atoms with van der Waals surface area (Å²) in [6.07, 6.45) is 3.49. The van der Waals surface area contributed by atoms with Crippen LogP contribution in [0.25, 0.3) is 0 Å². The average molecular weight is 1690 g/mol. The van der Waals surface area contributed by atoms with E-state index in [2.05, 4.69) is 53.2 Å². The van der Waals surface area contributed by atoms with Crippen molar-refractivity contribution in [3.8, 4) is 0 Å². The van der Waals surface area contributed by atoms with Crippen molar-refractivity contribution >= 4 is 121 Å². The average Bonchev–Trinajstić information content (AvgIpc) is 1.63. The Morgan fingerprint density at radius 3 is 1.76 bits per heavy atom. The normalized spacial score (nSPS) is 24.8. The Bertz CT molecular complexity index is 3740. The molecule has 12 amide bonds. The molecule has 2 aromatic carbocycles. The molecule has 0 aromatic heterocycles. The summed E-state index contributed by atoms with van der Waals surface area (Å²) in [6.45, 7) is 12.5. The molecule has 0 radical (unpaired) electrons. The predicted octanol–water partition coefficient (Wildman–Crippen LogP) is -1.66. The van der Waals surface area contributed by atoms with Gasteiger partial charge in [-0.15, -0.1) is 0 Å². The maximum Gasteiger partial charge on any atom is 0.246 e. The van der Waals surface area contributed by atoms with Crippen LogP contribution < -0.4 is 87.6 Å². The molecule has 2 aromatic rings. The van der Waals surface area contributed by atoms with Gasteiger partial charge in [0.05, 0.1) is 68.3 Å². The number of carbonyl (C=O) groups is 17. The summed E-state index contributed by atoms with van der Waals surface area (Å²) < 4.78 is 0. The Balaban J connectivity index is 0.000000463. The molecule has 4 aliphatic heterocycles. The van der Waals surface area contributed by atoms with Crippen molar-refractivity contribution in [1.82, 2.24) is 63.0 Å². The fraction of sp³-hybridized carbons (Fsp3) is 0.642. The largest absolute Gasteiger partial charge is 0.370 e. The van der Waals surface area contributed by atoms with E-state index in [1.165, 1.54) is 4.90 Å². The lowest BCUT2D eigenvalue weighted by Gasteiger charge is -2.34. The lowest BCUT2D eigenvalue weighted by atomic mass is 9.90. The maximum atomic E-state index is 14.6. The summed E-state index contributed by atoms with van der Waals surface area (Å²) in [6, 6.07) is 7.31. The van der Waals surface area contributed by atoms with Gasteiger partial charge in [-0.2, -0.15) is 0 Å². The van der Waals surface area contributed by atoms with Crippen LogP contribution in [0.4, 0.5) is 0 Å². The summed E-state index contributed by atoms with van der Waals surface area (Å²) in [5, 5.41) is 28.5. The number of hydrogen-bond donors (Lipinski definition) is 16. The Morgan fingerprint density at radius 1 is 0.551 bits per heavy atom. The fourth-order valence-electron chi connectivity index (χ4n) is 14.6. The monoisotopic (exact) mass is 1690 g/mol. The lowest BCUT2D eigenvalue weighted by molar-refractivity contribution is -0.141. The minimum Gasteiger partial charge on any atom is -0.370 e. The first-order chi connectivity index (χ1) is 56.1. The van der Waals surface area contributed by atoms with Crippen molar-refractivity contribution in [2.75, 3.05) is 63.9 Å². The highest BCUT2D eigenvalue weighted by Crippen LogP contribution is 2.30. The summed E-state index contributed by atoms with van der Waals surface area (Å²) in [5.74, 6) is -12.6. The molecule has 15 atom stereocenters. The third kappa shape index (κ3) is 34.3. The van der Waals surface area contributed by atoms with E-state index < -0.39 is 174 Å². The number of carbonyl (C=O) groups excluding carboxylic acids is 17. The van der Waals surface area contributed by atoms with Crippen molar-refractivity contribution < 1.29 is 81.5 Å². The second kappa shape index (κ2) is 52.1. The molecule has 35 nitrogen and oxygen atoms in total. The SMILES string of the molecule is CC[C@H](C)[C@@H]1NC(=O)[C@H](Cc2ccccc2)CC(=O)[C@@H](N)CSSC[C@@H](C(=O)N2CCC[C@H]2C(=O)C[C@@H](CCCNC(C)C)C(=O)NCC(N)=O)NC(=O)[C@H](CC(N)=O)NC(=O)[C@H](CCCC(N)=O)NC1=O.CC[C@H](C)[C@@H]1NC(=O)[C@H](Cc2ccccc2)NCCCC(N2CCC[C@H]2C(=O)CCNCC(N)=O)C(=O)[C@H](CC(N)=O)NCC1=O. The van der Waals surface area contributed by atoms with E-state index in [4.69, 9.17) is 34.4 Å². The van der Waals surface area contributed by atoms with Crippen LogP contribution in [0.15, 0.2) is 60.7 Å². The third-order valence-electron chi connectivity index (χ3n) is 21.6. The molecular formula is C81H126N18O17S2. The van der Waals surface area contributed by atoms with Crippen molar-refractivity contribution in [3.63, 3.8) is 0 Å². The van der Waals surface area contributed by atoms with E-state index in [1.807, 2.05) is 62.9 Å². The minimum absolute atomic E-state index is 0.0115. The van der Waals surface area contributed by atoms with Crippen LogP contribution >= 0.6 is 21.6 Å². The van der Waals surface area contributed by atoms with Gasteiger partial charge >= 0.3 is 0 Å². The Hall–Kier alpha value is -9.11. The number of likely N-dealkylation sites (tertiary alicyclic amines) is 2. The van der Waals surface area contributed by atoms with E-state index in [9.17, 15) is 81.5 Å². The number of rotatable bonds is 35. The molecule has 1 unspecified atom stereocenters. The molecule has 4 fully saturated rings. The summed E-state index contributed by atoms with van der Waals surface area (Å²) in [4.78, 5) is 229. The van der Waals surface area contributed by atoms with Gasteiger partial charge in [0.15, 0.2) is 28.9 Å². The van der Waals surface area contributed by atoms with Gasteiger partial charge in [0.1, 0.15) is 24.2 Å². The number of nitrogens with two attached hydrogens (primary N) is 6. The molecule has 0 saturated carbocycles. The zero-order chi connectivity index (χ0) is 87.1. The second-order valence-electron chi connectivity index (χ2n) is 31.3. The molecule has 4 heterocycles. The first-order valence-electron chi connectivity index (χ1n) is 41.0. The molecule has 654 valence electrons. The number of benzene rings is 2. The molecule has 0 aliphatic carbocycles. The van der Waals surface area contributed by atoms with Gasteiger partial charge in [0.2, 0.25) is 70.9 Å². The molecule has 118 heavy (non-hydrogen) atoms. The number of primary amides is 5. The van der Waals surface area contributed by atoms with E-state index in [0.717, 1.165) is 39.1 Å². The maximum absolute atomic E-state index is 14.6. The number of ketones is 5. The van der Waals surface area contributed by atoms with Gasteiger partial charge in [0.25, 0.3) is 0 Å². The van der Waals surface area contributed by atoms with E-state index in [1.54, 1.807) is 44.2 Å². The van der Waals surface area contributed by atoms with Crippen molar-refractivity contribution in [2.24, 2.45) is 58.1 Å². The van der Waals surface area contributed by atoms with Crippen LogP contribution in [0.1, 0.15) is 168 Å². The highest BCUT2D eigenvalue weighted by molar-refractivity contribution is 8.76. The van der Waals surface area contributed by atoms with E-state index in [0.29, 0.717) is 71.0 Å². The van der Waals surface area contributed by atoms with E-state index >= 15 is 0 Å². The second-order valence-corrected chi connectivity index (χ2v) is 33.8. The van der Waals surface area contributed by atoms with Crippen molar-refractivity contribution in [1.29, 1.82) is 0 Å². The van der Waals surface area contributed by atoms with Gasteiger partial charge < -0.3 is 87.2 Å². The molecule has 4 aliphatic rings. The van der Waals surface area contributed by atoms with Crippen LogP contribution in [0, 0.1) is 23.7 Å². The van der Waals surface area contributed by atoms with Crippen LogP contribution in [-0.4, -0.2) is 246 Å². The standard InChI is InChI=1S/C48H75N11O11S2.C33H51N7O6/c1-5-28(4)42-47(69)55-33(15-9-17-39(50)62)45(67)56-34(23-40(51)63)46(68)57-35(26-72-71-25-32(49)37(60)22-31(44(66)58-42)20-29-12-7-6-8-13-29)48(70)59-19-11-16-36(59)38(61)21-30(14-10-18-53-27(2)3)43(65)54-24-41(52)64;1-3-21(2)31-28(42)19-38-23(18-29(34)43)32(45)26(40-16-8-12-25(40)27(41)13-15-36-20-30(35)44)11-7-14-37-24(33(46)39-31)17-22-9-5-4-6-10-22/h6-8,12-13,27-28,30-36,42,53H,5,9-11,14-26,49H2,1-4H3,(H2,50,62)(H2,51,63)(H2,52,64)(H,54,65)(H,55,69)(H,56,67)(H,57,68)(H,58,66);4-6,9-10,21,23-26,31,36-38H,3,7-8,11-20H2,1-2H3,(H2,34,43)(H2,35,44)(H,39,46)/t28-,30+,31+,32-,33-,34-,35-,36-,42-;21-,23-,24-,25-,26?,31-/m00/s1. The Morgan fingerprint density at radius 2 is 1.14 bits per heavy atom. The Labute approximate surface area is 698 Å². The first kappa shape index (κ1) is 99.5. The number of amides is 12. The number of hydrogen-bond acceptors (Lipinski definition) is 25. The molecule has 0 bridgehead atoms. The smallest absolute Gasteiger partial charge is 0.246 e. The fourth-order valence-corrected chi connectivity index (χ4v) is 17.0. The minimum atomic E-state index is -1.69. The van der Waals surface area contributed by atoms with Crippen LogP contribution in [-0.2, 0) is 94.3 Å². The Kier molecular flexibility index (Phi) is 43.9. The van der Waals surface area contributed by atoms with Gasteiger partial charge in [-0.1, -0.05) is 137 Å². The zero-order valence-electron chi connectivity index (χ0n) is 68.8. The molecule has 6 rings (SSSR count). The molecule has 0 spiro atoms. The molecule has 22 N–H and O–H groups in total. The van der Waals surface area contributed by atoms with Crippen LogP contribution in [0.3, 0.4) is 0 Å². The van der Waals surface area contributed by atoms with Crippen LogP contribution in [0.2, 0.25) is 0 Å². The van der Waals surface area contributed by atoms with Gasteiger partial charge in [0, 0.05) is 74.6 Å². The summed E-state index contributed by atoms with van der Waals surface area (Å²) in [5.41, 5.74) is 35.1. The zero-order valence-corrected chi connectivity index (χ0v) is 70.5. The van der Waals surface area contributed by atoms with Crippen LogP contribution in [0.5, 0.6) is 0 Å². The number of nitrogens with zero attached hydrogens (tertiary/aromatic N) is 2. The first-order valence-corrected chi connectivity index (χ1v) is 43.5. The van der Waals surface area contributed by atoms with Crippen molar-refractivity contribution in [2.45, 2.75) is 242 Å². The molecule has 4 saturated heterocycles. The lowest BCUT2D eigenvalue weighted by Crippen LogP contribution is -2.60. The predicted molar refractivity (Wildman–Crippen MR) is 446 cm³/mol. The van der Waals surface area contributed by atoms with Gasteiger partial charge in [-0.25, -0.2) is 0 Å². The quantitative estimate of drug-likeness (QED) is 0.0271. The number of Topliss-reactive ketones (excluding diaryl/α,β-unsaturated/α-hetero) is 5. The van der Waals surface area contributed by atoms with E-state index in [-0.39, 0.29) is 137 Å². The number of nitrogens with one attached hydrogen (secondary N) is 10. The molecule has 37 heteroatoms. The van der Waals surface area contributed by atoms with Crippen molar-refractivity contribution in [3.05, 3.63) is 71.8 Å². The topological polar surface area (TPSA) is 573 Å². The summed E-state index contributed by atoms with van der Waals surface area (Å²) >= 11 is 0. The third-order valence-corrected chi connectivity index (χ3v) is 24.0. The summed E-state index contributed by atoms with van der Waals surface area (Å²) in [7, 11) is 2.21. The highest BCUT2D eigenvalue weighted by Gasteiger charge is 2.44. The van der Waals surface area contributed by atoms with Gasteiger partial charge in [-0.3, -0.25) is 91.7 Å². The highest BCUT2D eigenvalue weighted by atomic mass is 33.1. The van der Waals surface area contributed by atoms with Gasteiger partial charge in [-0.05, 0) is 120 Å². The molecular weight excluding hydrogens is 1560 g/mol.